The highest BCUT2D eigenvalue weighted by Gasteiger charge is 2.13. The minimum absolute atomic E-state index is 0.204. The van der Waals surface area contributed by atoms with Gasteiger partial charge in [0.25, 0.3) is 5.91 Å². The van der Waals surface area contributed by atoms with Crippen molar-refractivity contribution in [2.24, 2.45) is 0 Å². The minimum atomic E-state index is -0.304. The molecule has 0 aliphatic carbocycles. The first-order valence-corrected chi connectivity index (χ1v) is 5.78. The Morgan fingerprint density at radius 2 is 2.18 bits per heavy atom. The van der Waals surface area contributed by atoms with Gasteiger partial charge >= 0.3 is 0 Å². The fourth-order valence-corrected chi connectivity index (χ4v) is 1.69. The molecule has 1 aromatic carbocycles. The van der Waals surface area contributed by atoms with Gasteiger partial charge in [0, 0.05) is 18.7 Å². The summed E-state index contributed by atoms with van der Waals surface area (Å²) >= 11 is 11.7. The van der Waals surface area contributed by atoms with E-state index in [4.69, 9.17) is 35.4 Å². The van der Waals surface area contributed by atoms with Crippen molar-refractivity contribution in [1.29, 1.82) is 0 Å². The molecule has 0 aliphatic rings. The molecule has 3 nitrogen and oxygen atoms in total. The second kappa shape index (κ2) is 6.39. The molecule has 5 heteroatoms. The highest BCUT2D eigenvalue weighted by molar-refractivity contribution is 6.44. The Bertz CT molecular complexity index is 466. The molecule has 90 valence electrons. The second-order valence-corrected chi connectivity index (χ2v) is 4.21. The normalized spacial score (nSPS) is 9.71. The van der Waals surface area contributed by atoms with Crippen LogP contribution in [-0.2, 0) is 0 Å². The number of nitrogen functional groups attached to an aromatic ring is 1. The maximum Gasteiger partial charge on any atom is 0.252 e. The van der Waals surface area contributed by atoms with E-state index in [9.17, 15) is 4.79 Å². The van der Waals surface area contributed by atoms with Gasteiger partial charge in [0.1, 0.15) is 0 Å². The number of nitrogens with one attached hydrogen (secondary N) is 1. The summed E-state index contributed by atoms with van der Waals surface area (Å²) in [5.74, 6) is 2.19. The number of carbonyl (C=O) groups excluding carboxylic acids is 1. The molecule has 17 heavy (non-hydrogen) atoms. The lowest BCUT2D eigenvalue weighted by Crippen LogP contribution is -2.24. The van der Waals surface area contributed by atoms with Crippen LogP contribution >= 0.6 is 23.2 Å². The van der Waals surface area contributed by atoms with Gasteiger partial charge in [-0.25, -0.2) is 0 Å². The monoisotopic (exact) mass is 270 g/mol. The summed E-state index contributed by atoms with van der Waals surface area (Å²) in [5.41, 5.74) is 6.26. The van der Waals surface area contributed by atoms with Crippen LogP contribution in [0.25, 0.3) is 0 Å². The molecule has 0 atom stereocenters. The number of amides is 1. The third-order valence-electron chi connectivity index (χ3n) is 2.08. The van der Waals surface area contributed by atoms with Gasteiger partial charge in [-0.1, -0.05) is 23.2 Å². The molecule has 1 rings (SSSR count). The van der Waals surface area contributed by atoms with E-state index in [0.29, 0.717) is 18.7 Å². The van der Waals surface area contributed by atoms with Crippen molar-refractivity contribution in [1.82, 2.24) is 5.32 Å². The van der Waals surface area contributed by atoms with E-state index in [2.05, 4.69) is 11.2 Å². The SMILES string of the molecule is C#CCCCNC(=O)c1cc(N)cc(Cl)c1Cl. The van der Waals surface area contributed by atoms with Crippen molar-refractivity contribution in [3.63, 3.8) is 0 Å². The smallest absolute Gasteiger partial charge is 0.252 e. The van der Waals surface area contributed by atoms with Gasteiger partial charge in [-0.15, -0.1) is 12.3 Å². The Morgan fingerprint density at radius 3 is 2.82 bits per heavy atom. The average Bonchev–Trinajstić information content (AvgIpc) is 2.29. The number of hydrogen-bond acceptors (Lipinski definition) is 2. The third kappa shape index (κ3) is 3.85. The third-order valence-corrected chi connectivity index (χ3v) is 2.88. The van der Waals surface area contributed by atoms with E-state index in [-0.39, 0.29) is 21.5 Å². The number of rotatable bonds is 4. The Balaban J connectivity index is 2.73. The summed E-state index contributed by atoms with van der Waals surface area (Å²) in [5, 5.41) is 3.16. The summed E-state index contributed by atoms with van der Waals surface area (Å²) in [6.07, 6.45) is 6.44. The van der Waals surface area contributed by atoms with E-state index >= 15 is 0 Å². The fraction of sp³-hybridized carbons (Fsp3) is 0.250. The van der Waals surface area contributed by atoms with Crippen LogP contribution in [0.5, 0.6) is 0 Å². The van der Waals surface area contributed by atoms with Crippen LogP contribution in [0.4, 0.5) is 5.69 Å². The quantitative estimate of drug-likeness (QED) is 0.502. The molecule has 0 saturated carbocycles. The standard InChI is InChI=1S/C12H12Cl2N2O/c1-2-3-4-5-16-12(17)9-6-8(15)7-10(13)11(9)14/h1,6-7H,3-5,15H2,(H,16,17). The van der Waals surface area contributed by atoms with Gasteiger partial charge in [0.05, 0.1) is 15.6 Å². The maximum absolute atomic E-state index is 11.8. The van der Waals surface area contributed by atoms with Gasteiger partial charge in [-0.05, 0) is 18.6 Å². The zero-order valence-corrected chi connectivity index (χ0v) is 10.6. The van der Waals surface area contributed by atoms with Crippen LogP contribution in [-0.4, -0.2) is 12.5 Å². The molecular weight excluding hydrogens is 259 g/mol. The molecule has 0 spiro atoms. The first kappa shape index (κ1) is 13.7. The highest BCUT2D eigenvalue weighted by atomic mass is 35.5. The lowest BCUT2D eigenvalue weighted by atomic mass is 10.2. The number of anilines is 1. The molecule has 1 amide bonds. The van der Waals surface area contributed by atoms with Crippen molar-refractivity contribution >= 4 is 34.8 Å². The number of carbonyl (C=O) groups is 1. The number of unbranched alkanes of at least 4 members (excludes halogenated alkanes) is 1. The highest BCUT2D eigenvalue weighted by Crippen LogP contribution is 2.28. The summed E-state index contributed by atoms with van der Waals surface area (Å²) in [6.45, 7) is 0.492. The van der Waals surface area contributed by atoms with Crippen LogP contribution in [0, 0.1) is 12.3 Å². The number of hydrogen-bond donors (Lipinski definition) is 2. The van der Waals surface area contributed by atoms with E-state index in [1.165, 1.54) is 12.1 Å². The Morgan fingerprint density at radius 1 is 1.47 bits per heavy atom. The topological polar surface area (TPSA) is 55.1 Å². The van der Waals surface area contributed by atoms with Crippen LogP contribution in [0.15, 0.2) is 12.1 Å². The number of halogens is 2. The lowest BCUT2D eigenvalue weighted by Gasteiger charge is -2.08. The summed E-state index contributed by atoms with van der Waals surface area (Å²) in [4.78, 5) is 11.8. The predicted molar refractivity (Wildman–Crippen MR) is 71.3 cm³/mol. The molecule has 0 fully saturated rings. The minimum Gasteiger partial charge on any atom is -0.399 e. The van der Waals surface area contributed by atoms with Gasteiger partial charge < -0.3 is 11.1 Å². The van der Waals surface area contributed by atoms with E-state index in [0.717, 1.165) is 6.42 Å². The predicted octanol–water partition coefficient (Wildman–Crippen LogP) is 2.72. The molecule has 3 N–H and O–H groups in total. The molecule has 0 unspecified atom stereocenters. The van der Waals surface area contributed by atoms with Gasteiger partial charge in [0.2, 0.25) is 0 Å². The van der Waals surface area contributed by atoms with E-state index in [1.54, 1.807) is 0 Å². The number of terminal acetylenes is 1. The maximum atomic E-state index is 11.8. The fourth-order valence-electron chi connectivity index (χ4n) is 1.26. The van der Waals surface area contributed by atoms with Crippen molar-refractivity contribution in [3.05, 3.63) is 27.7 Å². The van der Waals surface area contributed by atoms with E-state index < -0.39 is 0 Å². The van der Waals surface area contributed by atoms with Crippen LogP contribution < -0.4 is 11.1 Å². The lowest BCUT2D eigenvalue weighted by molar-refractivity contribution is 0.0953. The zero-order valence-electron chi connectivity index (χ0n) is 9.09. The van der Waals surface area contributed by atoms with Crippen molar-refractivity contribution in [2.45, 2.75) is 12.8 Å². The number of benzene rings is 1. The van der Waals surface area contributed by atoms with Crippen LogP contribution in [0.3, 0.4) is 0 Å². The van der Waals surface area contributed by atoms with Crippen molar-refractivity contribution in [3.8, 4) is 12.3 Å². The average molecular weight is 271 g/mol. The second-order valence-electron chi connectivity index (χ2n) is 3.43. The zero-order chi connectivity index (χ0) is 12.8. The van der Waals surface area contributed by atoms with Gasteiger partial charge in [0.15, 0.2) is 0 Å². The molecule has 0 heterocycles. The van der Waals surface area contributed by atoms with Crippen LogP contribution in [0.2, 0.25) is 10.0 Å². The molecule has 0 radical (unpaired) electrons. The Hall–Kier alpha value is -1.37. The van der Waals surface area contributed by atoms with Crippen molar-refractivity contribution < 1.29 is 4.79 Å². The molecule has 1 aromatic rings. The molecule has 0 aromatic heterocycles. The Kier molecular flexibility index (Phi) is 5.14. The Labute approximate surface area is 110 Å². The first-order chi connectivity index (χ1) is 8.06. The summed E-state index contributed by atoms with van der Waals surface area (Å²) in [6, 6.07) is 2.99. The summed E-state index contributed by atoms with van der Waals surface area (Å²) < 4.78 is 0. The first-order valence-electron chi connectivity index (χ1n) is 5.02. The van der Waals surface area contributed by atoms with Gasteiger partial charge in [-0.2, -0.15) is 0 Å². The molecule has 0 bridgehead atoms. The molecular formula is C12H12Cl2N2O. The molecule has 0 saturated heterocycles. The largest absolute Gasteiger partial charge is 0.399 e. The van der Waals surface area contributed by atoms with Crippen LogP contribution in [0.1, 0.15) is 23.2 Å². The molecule has 0 aliphatic heterocycles. The summed E-state index contributed by atoms with van der Waals surface area (Å²) in [7, 11) is 0. The van der Waals surface area contributed by atoms with E-state index in [1.807, 2.05) is 0 Å². The van der Waals surface area contributed by atoms with Crippen molar-refractivity contribution in [2.75, 3.05) is 12.3 Å². The number of nitrogens with two attached hydrogens (primary N) is 1. The van der Waals surface area contributed by atoms with Gasteiger partial charge in [-0.3, -0.25) is 4.79 Å².